The molecule has 2 aromatic rings. The minimum Gasteiger partial charge on any atom is -0.494 e. The first-order valence-corrected chi connectivity index (χ1v) is 10.0. The number of hydrogen-bond acceptors (Lipinski definition) is 5. The SMILES string of the molecule is CCN(CC)CCC[C@@H](C)Nc1cc(OC)c2nc(C)cc(Cl)c2c1OC. The zero-order valence-electron chi connectivity index (χ0n) is 17.4. The highest BCUT2D eigenvalue weighted by molar-refractivity contribution is 6.36. The molecule has 0 aliphatic rings. The fraction of sp³-hybridized carbons (Fsp3) is 0.571. The summed E-state index contributed by atoms with van der Waals surface area (Å²) in [5.74, 6) is 1.40. The number of nitrogens with zero attached hydrogens (tertiary/aromatic N) is 2. The van der Waals surface area contributed by atoms with E-state index in [-0.39, 0.29) is 0 Å². The van der Waals surface area contributed by atoms with Crippen molar-refractivity contribution in [2.45, 2.75) is 46.6 Å². The molecule has 1 aromatic heterocycles. The maximum atomic E-state index is 6.53. The first-order chi connectivity index (χ1) is 12.9. The van der Waals surface area contributed by atoms with Crippen molar-refractivity contribution >= 4 is 28.2 Å². The number of ether oxygens (including phenoxy) is 2. The number of rotatable bonds is 10. The number of aromatic nitrogens is 1. The number of hydrogen-bond donors (Lipinski definition) is 1. The monoisotopic (exact) mass is 393 g/mol. The van der Waals surface area contributed by atoms with Crippen molar-refractivity contribution in [3.8, 4) is 11.5 Å². The summed E-state index contributed by atoms with van der Waals surface area (Å²) in [6.45, 7) is 11.8. The fourth-order valence-corrected chi connectivity index (χ4v) is 3.73. The molecule has 1 atom stereocenters. The van der Waals surface area contributed by atoms with Crippen LogP contribution in [0.3, 0.4) is 0 Å². The third-order valence-electron chi connectivity index (χ3n) is 4.91. The molecular weight excluding hydrogens is 362 g/mol. The molecule has 0 unspecified atom stereocenters. The van der Waals surface area contributed by atoms with E-state index in [1.807, 2.05) is 19.1 Å². The fourth-order valence-electron chi connectivity index (χ4n) is 3.40. The minimum atomic E-state index is 0.300. The second kappa shape index (κ2) is 10.00. The topological polar surface area (TPSA) is 46.6 Å². The van der Waals surface area contributed by atoms with Crippen molar-refractivity contribution in [3.05, 3.63) is 22.8 Å². The molecule has 0 saturated heterocycles. The first-order valence-electron chi connectivity index (χ1n) is 9.65. The van der Waals surface area contributed by atoms with Crippen LogP contribution in [0.25, 0.3) is 10.9 Å². The Bertz CT molecular complexity index is 763. The Morgan fingerprint density at radius 1 is 1.19 bits per heavy atom. The van der Waals surface area contributed by atoms with Crippen molar-refractivity contribution in [2.75, 3.05) is 39.2 Å². The van der Waals surface area contributed by atoms with E-state index in [9.17, 15) is 0 Å². The van der Waals surface area contributed by atoms with Crippen molar-refractivity contribution in [3.63, 3.8) is 0 Å². The largest absolute Gasteiger partial charge is 0.494 e. The van der Waals surface area contributed by atoms with Crippen molar-refractivity contribution in [1.82, 2.24) is 9.88 Å². The number of nitrogens with one attached hydrogen (secondary N) is 1. The third kappa shape index (κ3) is 5.17. The molecule has 0 aliphatic carbocycles. The van der Waals surface area contributed by atoms with Gasteiger partial charge in [-0.1, -0.05) is 25.4 Å². The molecule has 5 nitrogen and oxygen atoms in total. The van der Waals surface area contributed by atoms with Crippen molar-refractivity contribution in [2.24, 2.45) is 0 Å². The molecular formula is C21H32ClN3O2. The highest BCUT2D eigenvalue weighted by Crippen LogP contribution is 2.43. The average Bonchev–Trinajstić information content (AvgIpc) is 2.64. The lowest BCUT2D eigenvalue weighted by Gasteiger charge is -2.22. The molecule has 150 valence electrons. The quantitative estimate of drug-likeness (QED) is 0.605. The number of anilines is 1. The van der Waals surface area contributed by atoms with E-state index in [1.54, 1.807) is 14.2 Å². The Labute approximate surface area is 168 Å². The van der Waals surface area contributed by atoms with Gasteiger partial charge in [-0.25, -0.2) is 4.98 Å². The van der Waals surface area contributed by atoms with Gasteiger partial charge in [0.2, 0.25) is 0 Å². The number of pyridine rings is 1. The number of halogens is 1. The molecule has 0 radical (unpaired) electrons. The first kappa shape index (κ1) is 21.6. The summed E-state index contributed by atoms with van der Waals surface area (Å²) in [7, 11) is 3.31. The van der Waals surface area contributed by atoms with Gasteiger partial charge in [-0.3, -0.25) is 0 Å². The summed E-state index contributed by atoms with van der Waals surface area (Å²) in [6.07, 6.45) is 2.21. The van der Waals surface area contributed by atoms with Gasteiger partial charge in [0.05, 0.1) is 30.3 Å². The number of fused-ring (bicyclic) bond motifs is 1. The van der Waals surface area contributed by atoms with E-state index in [1.165, 1.54) is 0 Å². The van der Waals surface area contributed by atoms with Crippen LogP contribution in [0.4, 0.5) is 5.69 Å². The number of aryl methyl sites for hydroxylation is 1. The van der Waals surface area contributed by atoms with Crippen LogP contribution in [0, 0.1) is 6.92 Å². The highest BCUT2D eigenvalue weighted by Gasteiger charge is 2.19. The predicted octanol–water partition coefficient (Wildman–Crippen LogP) is 5.14. The molecule has 6 heteroatoms. The Morgan fingerprint density at radius 2 is 1.89 bits per heavy atom. The summed E-state index contributed by atoms with van der Waals surface area (Å²) in [6, 6.07) is 4.10. The summed E-state index contributed by atoms with van der Waals surface area (Å²) < 4.78 is 11.3. The van der Waals surface area contributed by atoms with Crippen LogP contribution in [-0.4, -0.2) is 49.8 Å². The lowest BCUT2D eigenvalue weighted by molar-refractivity contribution is 0.295. The molecule has 27 heavy (non-hydrogen) atoms. The zero-order chi connectivity index (χ0) is 20.0. The standard InChI is InChI=1S/C21H32ClN3O2/c1-7-25(8-2)11-9-10-14(3)23-17-13-18(26-5)20-19(21(17)27-6)16(22)12-15(4)24-20/h12-14,23H,7-11H2,1-6H3/t14-/m1/s1. The molecule has 1 aromatic carbocycles. The number of methoxy groups -OCH3 is 2. The average molecular weight is 394 g/mol. The summed E-state index contributed by atoms with van der Waals surface area (Å²) in [5, 5.41) is 4.97. The Hall–Kier alpha value is -1.72. The molecule has 1 heterocycles. The van der Waals surface area contributed by atoms with E-state index in [2.05, 4.69) is 36.0 Å². The van der Waals surface area contributed by atoms with Crippen LogP contribution in [0.1, 0.15) is 39.3 Å². The van der Waals surface area contributed by atoms with Gasteiger partial charge >= 0.3 is 0 Å². The molecule has 0 amide bonds. The van der Waals surface area contributed by atoms with Crippen molar-refractivity contribution in [1.29, 1.82) is 0 Å². The van der Waals surface area contributed by atoms with E-state index >= 15 is 0 Å². The van der Waals surface area contributed by atoms with Gasteiger partial charge in [-0.05, 0) is 52.4 Å². The second-order valence-corrected chi connectivity index (χ2v) is 7.25. The van der Waals surface area contributed by atoms with Crippen LogP contribution in [0.5, 0.6) is 11.5 Å². The molecule has 0 saturated carbocycles. The van der Waals surface area contributed by atoms with Crippen LogP contribution < -0.4 is 14.8 Å². The maximum Gasteiger partial charge on any atom is 0.153 e. The van der Waals surface area contributed by atoms with Gasteiger partial charge in [-0.2, -0.15) is 0 Å². The van der Waals surface area contributed by atoms with Gasteiger partial charge in [0.25, 0.3) is 0 Å². The molecule has 0 aliphatic heterocycles. The van der Waals surface area contributed by atoms with Gasteiger partial charge < -0.3 is 19.7 Å². The van der Waals surface area contributed by atoms with E-state index in [4.69, 9.17) is 21.1 Å². The summed E-state index contributed by atoms with van der Waals surface area (Å²) in [5.41, 5.74) is 2.45. The molecule has 2 rings (SSSR count). The van der Waals surface area contributed by atoms with E-state index in [0.717, 1.165) is 54.8 Å². The normalized spacial score (nSPS) is 12.4. The predicted molar refractivity (Wildman–Crippen MR) is 115 cm³/mol. The summed E-state index contributed by atoms with van der Waals surface area (Å²) >= 11 is 6.53. The minimum absolute atomic E-state index is 0.300. The summed E-state index contributed by atoms with van der Waals surface area (Å²) in [4.78, 5) is 7.05. The molecule has 1 N–H and O–H groups in total. The van der Waals surface area contributed by atoms with Crippen LogP contribution in [0.2, 0.25) is 5.02 Å². The van der Waals surface area contributed by atoms with Gasteiger partial charge in [0.1, 0.15) is 11.3 Å². The smallest absolute Gasteiger partial charge is 0.153 e. The Kier molecular flexibility index (Phi) is 7.99. The van der Waals surface area contributed by atoms with Crippen LogP contribution in [0.15, 0.2) is 12.1 Å². The maximum absolute atomic E-state index is 6.53. The van der Waals surface area contributed by atoms with E-state index in [0.29, 0.717) is 22.6 Å². The van der Waals surface area contributed by atoms with Crippen molar-refractivity contribution < 1.29 is 9.47 Å². The van der Waals surface area contributed by atoms with Crippen LogP contribution >= 0.6 is 11.6 Å². The number of benzene rings is 1. The van der Waals surface area contributed by atoms with Gasteiger partial charge in [-0.15, -0.1) is 0 Å². The molecule has 0 bridgehead atoms. The molecule has 0 fully saturated rings. The highest BCUT2D eigenvalue weighted by atomic mass is 35.5. The third-order valence-corrected chi connectivity index (χ3v) is 5.21. The van der Waals surface area contributed by atoms with Crippen LogP contribution in [-0.2, 0) is 0 Å². The molecule has 0 spiro atoms. The Balaban J connectivity index is 2.27. The van der Waals surface area contributed by atoms with E-state index < -0.39 is 0 Å². The second-order valence-electron chi connectivity index (χ2n) is 6.84. The lowest BCUT2D eigenvalue weighted by atomic mass is 10.1. The zero-order valence-corrected chi connectivity index (χ0v) is 18.1. The van der Waals surface area contributed by atoms with Gasteiger partial charge in [0, 0.05) is 17.8 Å². The Morgan fingerprint density at radius 3 is 2.48 bits per heavy atom. The van der Waals surface area contributed by atoms with Gasteiger partial charge in [0.15, 0.2) is 5.75 Å². The lowest BCUT2D eigenvalue weighted by Crippen LogP contribution is -2.25.